The van der Waals surface area contributed by atoms with Gasteiger partial charge in [-0.05, 0) is 29.7 Å². The van der Waals surface area contributed by atoms with Gasteiger partial charge >= 0.3 is 0 Å². The van der Waals surface area contributed by atoms with E-state index in [0.29, 0.717) is 19.5 Å². The number of carbonyl (C=O) groups excluding carboxylic acids is 1. The SMILES string of the molecule is CN=C(NCCc1ccccn1)NCc1ccccc1CN1CCCC1=O. The minimum atomic E-state index is 0.254. The average Bonchev–Trinajstić information content (AvgIpc) is 3.11. The highest BCUT2D eigenvalue weighted by Gasteiger charge is 2.20. The first-order chi connectivity index (χ1) is 13.3. The lowest BCUT2D eigenvalue weighted by molar-refractivity contribution is -0.128. The Balaban J connectivity index is 1.51. The highest BCUT2D eigenvalue weighted by Crippen LogP contribution is 2.17. The Labute approximate surface area is 160 Å². The summed E-state index contributed by atoms with van der Waals surface area (Å²) in [5.41, 5.74) is 3.43. The van der Waals surface area contributed by atoms with Crippen molar-refractivity contribution in [3.05, 3.63) is 65.5 Å². The molecule has 1 aromatic carbocycles. The van der Waals surface area contributed by atoms with Crippen molar-refractivity contribution in [2.45, 2.75) is 32.4 Å². The molecule has 0 unspecified atom stereocenters. The standard InChI is InChI=1S/C21H27N5O/c1-22-21(24-13-11-19-9-4-5-12-23-19)25-15-17-7-2-3-8-18(17)16-26-14-6-10-20(26)27/h2-5,7-9,12H,6,10-11,13-16H2,1H3,(H2,22,24,25). The number of amides is 1. The Bertz CT molecular complexity index is 775. The van der Waals surface area contributed by atoms with Gasteiger partial charge in [-0.3, -0.25) is 14.8 Å². The summed E-state index contributed by atoms with van der Waals surface area (Å²) in [7, 11) is 1.77. The summed E-state index contributed by atoms with van der Waals surface area (Å²) >= 11 is 0. The second-order valence-electron chi connectivity index (χ2n) is 6.61. The van der Waals surface area contributed by atoms with E-state index in [-0.39, 0.29) is 5.91 Å². The third-order valence-corrected chi connectivity index (χ3v) is 4.72. The van der Waals surface area contributed by atoms with E-state index in [9.17, 15) is 4.79 Å². The van der Waals surface area contributed by atoms with Crippen molar-refractivity contribution in [2.24, 2.45) is 4.99 Å². The number of carbonyl (C=O) groups is 1. The molecule has 0 radical (unpaired) electrons. The average molecular weight is 365 g/mol. The molecule has 1 aliphatic heterocycles. The number of aromatic nitrogens is 1. The van der Waals surface area contributed by atoms with Crippen molar-refractivity contribution in [2.75, 3.05) is 20.1 Å². The van der Waals surface area contributed by atoms with Crippen molar-refractivity contribution in [1.29, 1.82) is 0 Å². The summed E-state index contributed by atoms with van der Waals surface area (Å²) in [6.07, 6.45) is 4.29. The van der Waals surface area contributed by atoms with Crippen molar-refractivity contribution in [3.63, 3.8) is 0 Å². The molecule has 6 heteroatoms. The van der Waals surface area contributed by atoms with Gasteiger partial charge < -0.3 is 15.5 Å². The van der Waals surface area contributed by atoms with Crippen LogP contribution in [0, 0.1) is 0 Å². The number of hydrogen-bond acceptors (Lipinski definition) is 3. The molecule has 3 rings (SSSR count). The van der Waals surface area contributed by atoms with Crippen LogP contribution in [0.4, 0.5) is 0 Å². The summed E-state index contributed by atoms with van der Waals surface area (Å²) in [6, 6.07) is 14.2. The van der Waals surface area contributed by atoms with Gasteiger partial charge in [0.05, 0.1) is 0 Å². The van der Waals surface area contributed by atoms with Crippen LogP contribution in [0.5, 0.6) is 0 Å². The number of nitrogens with one attached hydrogen (secondary N) is 2. The molecular weight excluding hydrogens is 338 g/mol. The number of nitrogens with zero attached hydrogens (tertiary/aromatic N) is 3. The molecule has 2 N–H and O–H groups in total. The van der Waals surface area contributed by atoms with Crippen LogP contribution in [0.1, 0.15) is 29.7 Å². The van der Waals surface area contributed by atoms with Crippen LogP contribution in [-0.4, -0.2) is 41.9 Å². The smallest absolute Gasteiger partial charge is 0.222 e. The quantitative estimate of drug-likeness (QED) is 0.582. The molecule has 142 valence electrons. The third kappa shape index (κ3) is 5.54. The molecular formula is C21H27N5O. The van der Waals surface area contributed by atoms with Crippen LogP contribution < -0.4 is 10.6 Å². The minimum absolute atomic E-state index is 0.254. The van der Waals surface area contributed by atoms with Crippen LogP contribution in [0.2, 0.25) is 0 Å². The lowest BCUT2D eigenvalue weighted by Crippen LogP contribution is -2.38. The highest BCUT2D eigenvalue weighted by molar-refractivity contribution is 5.79. The van der Waals surface area contributed by atoms with Gasteiger partial charge in [0.25, 0.3) is 0 Å². The molecule has 0 bridgehead atoms. The van der Waals surface area contributed by atoms with Gasteiger partial charge in [-0.2, -0.15) is 0 Å². The molecule has 1 saturated heterocycles. The summed E-state index contributed by atoms with van der Waals surface area (Å²) in [5.74, 6) is 1.02. The second kappa shape index (κ2) is 9.71. The number of likely N-dealkylation sites (tertiary alicyclic amines) is 1. The molecule has 2 heterocycles. The number of rotatable bonds is 7. The van der Waals surface area contributed by atoms with E-state index in [1.54, 1.807) is 7.05 Å². The summed E-state index contributed by atoms with van der Waals surface area (Å²) in [6.45, 7) is 2.97. The zero-order valence-corrected chi connectivity index (χ0v) is 15.8. The number of benzene rings is 1. The molecule has 0 spiro atoms. The molecule has 1 fully saturated rings. The van der Waals surface area contributed by atoms with Crippen molar-refractivity contribution >= 4 is 11.9 Å². The fourth-order valence-corrected chi connectivity index (χ4v) is 3.22. The number of guanidine groups is 1. The fourth-order valence-electron chi connectivity index (χ4n) is 3.22. The van der Waals surface area contributed by atoms with Crippen LogP contribution in [0.3, 0.4) is 0 Å². The molecule has 1 aliphatic rings. The van der Waals surface area contributed by atoms with E-state index in [2.05, 4.69) is 32.7 Å². The minimum Gasteiger partial charge on any atom is -0.356 e. The maximum atomic E-state index is 11.9. The summed E-state index contributed by atoms with van der Waals surface area (Å²) in [5, 5.41) is 6.69. The van der Waals surface area contributed by atoms with Gasteiger partial charge in [-0.1, -0.05) is 30.3 Å². The summed E-state index contributed by atoms with van der Waals surface area (Å²) < 4.78 is 0. The third-order valence-electron chi connectivity index (χ3n) is 4.72. The van der Waals surface area contributed by atoms with Crippen LogP contribution in [0.25, 0.3) is 0 Å². The Kier molecular flexibility index (Phi) is 6.79. The molecule has 6 nitrogen and oxygen atoms in total. The zero-order valence-electron chi connectivity index (χ0n) is 15.8. The number of aliphatic imine (C=N–C) groups is 1. The van der Waals surface area contributed by atoms with Gasteiger partial charge in [0.2, 0.25) is 5.91 Å². The molecule has 0 aliphatic carbocycles. The lowest BCUT2D eigenvalue weighted by Gasteiger charge is -2.19. The predicted octanol–water partition coefficient (Wildman–Crippen LogP) is 2.11. The Morgan fingerprint density at radius 1 is 1.15 bits per heavy atom. The van der Waals surface area contributed by atoms with Gasteiger partial charge in [0.1, 0.15) is 0 Å². The van der Waals surface area contributed by atoms with Crippen molar-refractivity contribution in [1.82, 2.24) is 20.5 Å². The normalized spacial score (nSPS) is 14.5. The predicted molar refractivity (Wildman–Crippen MR) is 107 cm³/mol. The van der Waals surface area contributed by atoms with Gasteiger partial charge in [-0.15, -0.1) is 0 Å². The Hall–Kier alpha value is -2.89. The van der Waals surface area contributed by atoms with Crippen molar-refractivity contribution < 1.29 is 4.79 Å². The first-order valence-corrected chi connectivity index (χ1v) is 9.45. The molecule has 27 heavy (non-hydrogen) atoms. The van der Waals surface area contributed by atoms with Gasteiger partial charge in [0, 0.05) is 58.0 Å². The maximum Gasteiger partial charge on any atom is 0.222 e. The van der Waals surface area contributed by atoms with Crippen molar-refractivity contribution in [3.8, 4) is 0 Å². The van der Waals surface area contributed by atoms with Gasteiger partial charge in [-0.25, -0.2) is 0 Å². The maximum absolute atomic E-state index is 11.9. The summed E-state index contributed by atoms with van der Waals surface area (Å²) in [4.78, 5) is 22.5. The molecule has 0 saturated carbocycles. The number of pyridine rings is 1. The van der Waals surface area contributed by atoms with E-state index in [4.69, 9.17) is 0 Å². The first kappa shape index (κ1) is 18.9. The fraction of sp³-hybridized carbons (Fsp3) is 0.381. The first-order valence-electron chi connectivity index (χ1n) is 9.45. The monoisotopic (exact) mass is 365 g/mol. The number of hydrogen-bond donors (Lipinski definition) is 2. The Morgan fingerprint density at radius 3 is 2.67 bits per heavy atom. The van der Waals surface area contributed by atoms with E-state index in [1.165, 1.54) is 11.1 Å². The van der Waals surface area contributed by atoms with Crippen LogP contribution in [0.15, 0.2) is 53.7 Å². The van der Waals surface area contributed by atoms with Crippen LogP contribution in [-0.2, 0) is 24.3 Å². The molecule has 1 aromatic heterocycles. The largest absolute Gasteiger partial charge is 0.356 e. The topological polar surface area (TPSA) is 69.6 Å². The van der Waals surface area contributed by atoms with Crippen LogP contribution >= 0.6 is 0 Å². The highest BCUT2D eigenvalue weighted by atomic mass is 16.2. The van der Waals surface area contributed by atoms with E-state index >= 15 is 0 Å². The van der Waals surface area contributed by atoms with E-state index in [0.717, 1.165) is 37.6 Å². The second-order valence-corrected chi connectivity index (χ2v) is 6.61. The molecule has 2 aromatic rings. The van der Waals surface area contributed by atoms with E-state index < -0.39 is 0 Å². The van der Waals surface area contributed by atoms with Gasteiger partial charge in [0.15, 0.2) is 5.96 Å². The molecule has 0 atom stereocenters. The Morgan fingerprint density at radius 2 is 1.96 bits per heavy atom. The lowest BCUT2D eigenvalue weighted by atomic mass is 10.1. The zero-order chi connectivity index (χ0) is 18.9. The van der Waals surface area contributed by atoms with E-state index in [1.807, 2.05) is 41.4 Å². The molecule has 1 amide bonds.